The van der Waals surface area contributed by atoms with Gasteiger partial charge in [0.1, 0.15) is 0 Å². The highest BCUT2D eigenvalue weighted by atomic mass is 35.7. The highest BCUT2D eigenvalue weighted by molar-refractivity contribution is 8.23. The van der Waals surface area contributed by atoms with Gasteiger partial charge in [0.15, 0.2) is 0 Å². The Morgan fingerprint density at radius 3 is 2.09 bits per heavy atom. The molecule has 0 aliphatic heterocycles. The SMILES string of the molecule is CCOP(=S)(Cl)N(CC)CC. The van der Waals surface area contributed by atoms with E-state index in [4.69, 9.17) is 27.6 Å². The van der Waals surface area contributed by atoms with Crippen LogP contribution in [-0.4, -0.2) is 24.4 Å². The number of halogens is 1. The molecule has 0 aliphatic rings. The van der Waals surface area contributed by atoms with Crippen molar-refractivity contribution in [1.29, 1.82) is 0 Å². The molecule has 0 aromatic carbocycles. The zero-order valence-electron chi connectivity index (χ0n) is 7.21. The van der Waals surface area contributed by atoms with E-state index in [2.05, 4.69) is 0 Å². The van der Waals surface area contributed by atoms with Gasteiger partial charge in [0.05, 0.1) is 6.61 Å². The summed E-state index contributed by atoms with van der Waals surface area (Å²) in [7, 11) is 0. The van der Waals surface area contributed by atoms with Gasteiger partial charge >= 0.3 is 0 Å². The van der Waals surface area contributed by atoms with Crippen molar-refractivity contribution in [2.45, 2.75) is 20.8 Å². The molecule has 0 spiro atoms. The van der Waals surface area contributed by atoms with Gasteiger partial charge in [-0.05, 0) is 30.0 Å². The van der Waals surface area contributed by atoms with Gasteiger partial charge in [-0.3, -0.25) is 0 Å². The summed E-state index contributed by atoms with van der Waals surface area (Å²) in [5.74, 6) is -2.16. The molecule has 11 heavy (non-hydrogen) atoms. The van der Waals surface area contributed by atoms with Crippen LogP contribution in [0.2, 0.25) is 0 Å². The monoisotopic (exact) mass is 215 g/mol. The van der Waals surface area contributed by atoms with Gasteiger partial charge in [0, 0.05) is 13.1 Å². The molecule has 1 atom stereocenters. The second-order valence-electron chi connectivity index (χ2n) is 2.01. The van der Waals surface area contributed by atoms with Crippen molar-refractivity contribution in [2.75, 3.05) is 19.7 Å². The lowest BCUT2D eigenvalue weighted by molar-refractivity contribution is 0.338. The highest BCUT2D eigenvalue weighted by Crippen LogP contribution is 2.55. The van der Waals surface area contributed by atoms with E-state index >= 15 is 0 Å². The second-order valence-corrected chi connectivity index (χ2v) is 7.20. The Balaban J connectivity index is 4.13. The smallest absolute Gasteiger partial charge is 0.221 e. The Kier molecular flexibility index (Phi) is 5.93. The molecule has 0 aromatic rings. The number of rotatable bonds is 5. The third-order valence-electron chi connectivity index (χ3n) is 1.36. The van der Waals surface area contributed by atoms with E-state index in [9.17, 15) is 0 Å². The zero-order valence-corrected chi connectivity index (χ0v) is 9.68. The van der Waals surface area contributed by atoms with Crippen LogP contribution in [-0.2, 0) is 16.3 Å². The summed E-state index contributed by atoms with van der Waals surface area (Å²) in [5, 5.41) is 0. The van der Waals surface area contributed by atoms with Crippen molar-refractivity contribution in [1.82, 2.24) is 4.67 Å². The van der Waals surface area contributed by atoms with Gasteiger partial charge in [0.25, 0.3) is 0 Å². The van der Waals surface area contributed by atoms with Gasteiger partial charge in [-0.2, -0.15) is 0 Å². The first-order chi connectivity index (χ1) is 5.08. The van der Waals surface area contributed by atoms with Crippen molar-refractivity contribution in [2.24, 2.45) is 0 Å². The largest absolute Gasteiger partial charge is 0.327 e. The molecule has 0 aliphatic carbocycles. The topological polar surface area (TPSA) is 12.5 Å². The van der Waals surface area contributed by atoms with Gasteiger partial charge in [-0.15, -0.1) is 0 Å². The van der Waals surface area contributed by atoms with Crippen LogP contribution in [0.5, 0.6) is 0 Å². The van der Waals surface area contributed by atoms with Crippen molar-refractivity contribution in [3.05, 3.63) is 0 Å². The van der Waals surface area contributed by atoms with E-state index in [0.717, 1.165) is 13.1 Å². The molecule has 1 unspecified atom stereocenters. The van der Waals surface area contributed by atoms with Crippen LogP contribution < -0.4 is 0 Å². The first-order valence-corrected chi connectivity index (χ1v) is 7.35. The highest BCUT2D eigenvalue weighted by Gasteiger charge is 2.20. The van der Waals surface area contributed by atoms with Gasteiger partial charge < -0.3 is 4.52 Å². The summed E-state index contributed by atoms with van der Waals surface area (Å²) in [4.78, 5) is 0. The van der Waals surface area contributed by atoms with Crippen LogP contribution in [0.1, 0.15) is 20.8 Å². The lowest BCUT2D eigenvalue weighted by Crippen LogP contribution is -2.18. The Labute approximate surface area is 78.8 Å². The average Bonchev–Trinajstić information content (AvgIpc) is 1.89. The average molecular weight is 216 g/mol. The van der Waals surface area contributed by atoms with Gasteiger partial charge in [-0.25, -0.2) is 4.67 Å². The van der Waals surface area contributed by atoms with Crippen molar-refractivity contribution >= 4 is 28.8 Å². The normalized spacial score (nSPS) is 16.8. The Morgan fingerprint density at radius 2 is 1.82 bits per heavy atom. The Hall–Kier alpha value is 0.860. The van der Waals surface area contributed by atoms with Crippen molar-refractivity contribution in [3.8, 4) is 0 Å². The molecule has 5 heteroatoms. The number of hydrogen-bond acceptors (Lipinski definition) is 2. The molecule has 0 saturated heterocycles. The van der Waals surface area contributed by atoms with Crippen LogP contribution in [0.15, 0.2) is 0 Å². The fraction of sp³-hybridized carbons (Fsp3) is 1.00. The minimum absolute atomic E-state index is 0.595. The number of nitrogens with zero attached hydrogens (tertiary/aromatic N) is 1. The summed E-state index contributed by atoms with van der Waals surface area (Å²) in [6.07, 6.45) is 0. The molecular formula is C6H15ClNOPS. The maximum absolute atomic E-state index is 6.03. The van der Waals surface area contributed by atoms with Crippen LogP contribution in [0.25, 0.3) is 0 Å². The fourth-order valence-corrected chi connectivity index (χ4v) is 3.90. The van der Waals surface area contributed by atoms with Crippen molar-refractivity contribution in [3.63, 3.8) is 0 Å². The van der Waals surface area contributed by atoms with E-state index in [-0.39, 0.29) is 0 Å². The van der Waals surface area contributed by atoms with E-state index in [0.29, 0.717) is 6.61 Å². The molecule has 0 saturated carbocycles. The third kappa shape index (κ3) is 3.86. The molecule has 0 aromatic heterocycles. The van der Waals surface area contributed by atoms with Crippen molar-refractivity contribution < 1.29 is 4.52 Å². The van der Waals surface area contributed by atoms with E-state index in [1.54, 1.807) is 0 Å². The van der Waals surface area contributed by atoms with Crippen LogP contribution in [0.3, 0.4) is 0 Å². The summed E-state index contributed by atoms with van der Waals surface area (Å²) in [5.41, 5.74) is 0. The molecule has 68 valence electrons. The first-order valence-electron chi connectivity index (χ1n) is 3.78. The van der Waals surface area contributed by atoms with Gasteiger partial charge in [0.2, 0.25) is 5.77 Å². The molecule has 0 rings (SSSR count). The Morgan fingerprint density at radius 1 is 1.36 bits per heavy atom. The summed E-state index contributed by atoms with van der Waals surface area (Å²) >= 11 is 11.2. The maximum atomic E-state index is 6.03. The second kappa shape index (κ2) is 5.50. The molecule has 2 nitrogen and oxygen atoms in total. The minimum atomic E-state index is -2.16. The fourth-order valence-electron chi connectivity index (χ4n) is 0.802. The van der Waals surface area contributed by atoms with E-state index < -0.39 is 5.77 Å². The molecule has 0 bridgehead atoms. The molecular weight excluding hydrogens is 201 g/mol. The molecule has 0 heterocycles. The zero-order chi connectivity index (χ0) is 8.91. The summed E-state index contributed by atoms with van der Waals surface area (Å²) in [6.45, 7) is 8.29. The predicted octanol–water partition coefficient (Wildman–Crippen LogP) is 2.83. The van der Waals surface area contributed by atoms with Crippen LogP contribution in [0, 0.1) is 0 Å². The van der Waals surface area contributed by atoms with Gasteiger partial charge in [-0.1, -0.05) is 13.8 Å². The quantitative estimate of drug-likeness (QED) is 0.655. The van der Waals surface area contributed by atoms with E-state index in [1.165, 1.54) is 0 Å². The molecule has 0 radical (unpaired) electrons. The summed E-state index contributed by atoms with van der Waals surface area (Å²) < 4.78 is 7.28. The van der Waals surface area contributed by atoms with E-state index in [1.807, 2.05) is 25.4 Å². The lowest BCUT2D eigenvalue weighted by atomic mass is 10.7. The minimum Gasteiger partial charge on any atom is -0.327 e. The maximum Gasteiger partial charge on any atom is 0.221 e. The third-order valence-corrected chi connectivity index (χ3v) is 5.12. The Bertz CT molecular complexity index is 152. The predicted molar refractivity (Wildman–Crippen MR) is 54.7 cm³/mol. The lowest BCUT2D eigenvalue weighted by Gasteiger charge is -2.26. The first kappa shape index (κ1) is 11.9. The standard InChI is InChI=1S/C6H15ClNOPS/c1-4-8(5-2)10(7,11)9-6-3/h4-6H2,1-3H3. The molecule has 0 amide bonds. The molecule has 0 fully saturated rings. The summed E-state index contributed by atoms with van der Waals surface area (Å²) in [6, 6.07) is 0. The van der Waals surface area contributed by atoms with Crippen LogP contribution >= 0.6 is 17.0 Å². The number of hydrogen-bond donors (Lipinski definition) is 0. The van der Waals surface area contributed by atoms with Crippen LogP contribution in [0.4, 0.5) is 0 Å². The molecule has 0 N–H and O–H groups in total.